The van der Waals surface area contributed by atoms with Crippen LogP contribution in [0.4, 0.5) is 5.69 Å². The molecule has 0 bridgehead atoms. The van der Waals surface area contributed by atoms with Crippen LogP contribution < -0.4 is 5.32 Å². The molecule has 0 spiro atoms. The summed E-state index contributed by atoms with van der Waals surface area (Å²) < 4.78 is 0. The van der Waals surface area contributed by atoms with Crippen molar-refractivity contribution in [1.82, 2.24) is 4.90 Å². The van der Waals surface area contributed by atoms with E-state index in [9.17, 15) is 9.59 Å². The lowest BCUT2D eigenvalue weighted by molar-refractivity contribution is -0.121. The van der Waals surface area contributed by atoms with Gasteiger partial charge in [0.2, 0.25) is 5.91 Å². The molecule has 1 aliphatic rings. The zero-order chi connectivity index (χ0) is 19.6. The summed E-state index contributed by atoms with van der Waals surface area (Å²) >= 11 is 6.14. The van der Waals surface area contributed by atoms with Crippen molar-refractivity contribution in [1.29, 1.82) is 0 Å². The third-order valence-electron chi connectivity index (χ3n) is 4.99. The van der Waals surface area contributed by atoms with Gasteiger partial charge in [0.15, 0.2) is 0 Å². The predicted molar refractivity (Wildman–Crippen MR) is 109 cm³/mol. The molecule has 5 heteroatoms. The van der Waals surface area contributed by atoms with Crippen LogP contribution in [0.15, 0.2) is 36.4 Å². The molecule has 2 amide bonds. The Balaban J connectivity index is 1.68. The Morgan fingerprint density at radius 2 is 1.78 bits per heavy atom. The summed E-state index contributed by atoms with van der Waals surface area (Å²) in [6, 6.07) is 11.4. The van der Waals surface area contributed by atoms with Gasteiger partial charge in [-0.05, 0) is 63.4 Å². The molecule has 1 aliphatic heterocycles. The van der Waals surface area contributed by atoms with Gasteiger partial charge in [-0.25, -0.2) is 0 Å². The van der Waals surface area contributed by atoms with Crippen molar-refractivity contribution in [2.45, 2.75) is 33.6 Å². The SMILES string of the molecule is Cc1cc(C)cc(C(=O)N2CCC[C@H](C(=O)Nc3ccc(C)c(Cl)c3)C2)c1. The average molecular weight is 385 g/mol. The molecule has 1 heterocycles. The van der Waals surface area contributed by atoms with Gasteiger partial charge in [0, 0.05) is 29.4 Å². The standard InChI is InChI=1S/C22H25ClN2O2/c1-14-9-15(2)11-18(10-14)22(27)25-8-4-5-17(13-25)21(26)24-19-7-6-16(3)20(23)12-19/h6-7,9-12,17H,4-5,8,13H2,1-3H3,(H,24,26)/t17-/m0/s1. The van der Waals surface area contributed by atoms with E-state index in [4.69, 9.17) is 11.6 Å². The molecule has 0 unspecified atom stereocenters. The molecule has 0 aliphatic carbocycles. The number of anilines is 1. The number of nitrogens with one attached hydrogen (secondary N) is 1. The van der Waals surface area contributed by atoms with E-state index in [0.717, 1.165) is 29.5 Å². The number of carbonyl (C=O) groups excluding carboxylic acids is 2. The highest BCUT2D eigenvalue weighted by Crippen LogP contribution is 2.24. The molecule has 142 valence electrons. The molecule has 1 N–H and O–H groups in total. The first-order valence-electron chi connectivity index (χ1n) is 9.28. The second-order valence-corrected chi connectivity index (χ2v) is 7.83. The number of likely N-dealkylation sites (tertiary alicyclic amines) is 1. The Labute approximate surface area is 165 Å². The Morgan fingerprint density at radius 1 is 1.07 bits per heavy atom. The third-order valence-corrected chi connectivity index (χ3v) is 5.39. The number of amides is 2. The van der Waals surface area contributed by atoms with E-state index in [-0.39, 0.29) is 17.7 Å². The van der Waals surface area contributed by atoms with Crippen LogP contribution in [0.1, 0.15) is 39.9 Å². The van der Waals surface area contributed by atoms with Gasteiger partial charge >= 0.3 is 0 Å². The Hall–Kier alpha value is -2.33. The molecule has 2 aromatic carbocycles. The van der Waals surface area contributed by atoms with Crippen molar-refractivity contribution in [2.24, 2.45) is 5.92 Å². The number of halogens is 1. The minimum Gasteiger partial charge on any atom is -0.338 e. The normalized spacial score (nSPS) is 16.9. The molecule has 4 nitrogen and oxygen atoms in total. The van der Waals surface area contributed by atoms with Crippen molar-refractivity contribution in [2.75, 3.05) is 18.4 Å². The van der Waals surface area contributed by atoms with Crippen LogP contribution in [0.25, 0.3) is 0 Å². The van der Waals surface area contributed by atoms with E-state index < -0.39 is 0 Å². The number of nitrogens with zero attached hydrogens (tertiary/aromatic N) is 1. The minimum absolute atomic E-state index is 0.00215. The van der Waals surface area contributed by atoms with Crippen LogP contribution in [0.2, 0.25) is 5.02 Å². The molecular weight excluding hydrogens is 360 g/mol. The summed E-state index contributed by atoms with van der Waals surface area (Å²) in [5, 5.41) is 3.56. The fourth-order valence-corrected chi connectivity index (χ4v) is 3.75. The number of carbonyl (C=O) groups is 2. The third kappa shape index (κ3) is 4.69. The van der Waals surface area contributed by atoms with E-state index in [1.165, 1.54) is 0 Å². The Kier molecular flexibility index (Phi) is 5.85. The lowest BCUT2D eigenvalue weighted by Gasteiger charge is -2.32. The van der Waals surface area contributed by atoms with Crippen LogP contribution in [0.3, 0.4) is 0 Å². The summed E-state index contributed by atoms with van der Waals surface area (Å²) in [6.45, 7) is 7.03. The quantitative estimate of drug-likeness (QED) is 0.829. The van der Waals surface area contributed by atoms with Crippen molar-refractivity contribution >= 4 is 29.1 Å². The fourth-order valence-electron chi connectivity index (χ4n) is 3.57. The van der Waals surface area contributed by atoms with Gasteiger partial charge in [-0.15, -0.1) is 0 Å². The minimum atomic E-state index is -0.214. The highest BCUT2D eigenvalue weighted by Gasteiger charge is 2.29. The highest BCUT2D eigenvalue weighted by molar-refractivity contribution is 6.31. The summed E-state index contributed by atoms with van der Waals surface area (Å²) in [5.41, 5.74) is 4.49. The largest absolute Gasteiger partial charge is 0.338 e. The zero-order valence-corrected chi connectivity index (χ0v) is 16.8. The van der Waals surface area contributed by atoms with Gasteiger partial charge in [-0.3, -0.25) is 9.59 Å². The van der Waals surface area contributed by atoms with Crippen LogP contribution >= 0.6 is 11.6 Å². The summed E-state index contributed by atoms with van der Waals surface area (Å²) in [7, 11) is 0. The maximum absolute atomic E-state index is 12.9. The first-order valence-corrected chi connectivity index (χ1v) is 9.66. The first-order chi connectivity index (χ1) is 12.8. The lowest BCUT2D eigenvalue weighted by atomic mass is 9.96. The molecule has 2 aromatic rings. The zero-order valence-electron chi connectivity index (χ0n) is 16.0. The number of hydrogen-bond donors (Lipinski definition) is 1. The number of hydrogen-bond acceptors (Lipinski definition) is 2. The lowest BCUT2D eigenvalue weighted by Crippen LogP contribution is -2.43. The van der Waals surface area contributed by atoms with E-state index >= 15 is 0 Å². The summed E-state index contributed by atoms with van der Waals surface area (Å²) in [6.07, 6.45) is 1.60. The van der Waals surface area contributed by atoms with Gasteiger partial charge in [0.1, 0.15) is 0 Å². The second-order valence-electron chi connectivity index (χ2n) is 7.42. The number of rotatable bonds is 3. The van der Waals surface area contributed by atoms with Crippen molar-refractivity contribution in [3.8, 4) is 0 Å². The topological polar surface area (TPSA) is 49.4 Å². The van der Waals surface area contributed by atoms with E-state index in [0.29, 0.717) is 29.4 Å². The van der Waals surface area contributed by atoms with Crippen LogP contribution in [-0.2, 0) is 4.79 Å². The van der Waals surface area contributed by atoms with Gasteiger partial charge in [0.25, 0.3) is 5.91 Å². The summed E-state index contributed by atoms with van der Waals surface area (Å²) in [4.78, 5) is 27.4. The number of piperidine rings is 1. The monoisotopic (exact) mass is 384 g/mol. The van der Waals surface area contributed by atoms with Gasteiger partial charge in [0.05, 0.1) is 5.92 Å². The maximum Gasteiger partial charge on any atom is 0.253 e. The Bertz CT molecular complexity index is 858. The van der Waals surface area contributed by atoms with Crippen molar-refractivity contribution < 1.29 is 9.59 Å². The van der Waals surface area contributed by atoms with E-state index in [2.05, 4.69) is 11.4 Å². The molecule has 0 aromatic heterocycles. The average Bonchev–Trinajstić information content (AvgIpc) is 2.63. The smallest absolute Gasteiger partial charge is 0.253 e. The molecule has 1 atom stereocenters. The molecule has 1 fully saturated rings. The predicted octanol–water partition coefficient (Wildman–Crippen LogP) is 4.76. The molecule has 0 radical (unpaired) electrons. The Morgan fingerprint density at radius 3 is 2.44 bits per heavy atom. The molecular formula is C22H25ClN2O2. The van der Waals surface area contributed by atoms with E-state index in [1.807, 2.05) is 45.0 Å². The van der Waals surface area contributed by atoms with Crippen LogP contribution in [0.5, 0.6) is 0 Å². The number of aryl methyl sites for hydroxylation is 3. The highest BCUT2D eigenvalue weighted by atomic mass is 35.5. The van der Waals surface area contributed by atoms with Crippen molar-refractivity contribution in [3.05, 3.63) is 63.7 Å². The maximum atomic E-state index is 12.9. The van der Waals surface area contributed by atoms with E-state index in [1.54, 1.807) is 11.0 Å². The number of benzene rings is 2. The van der Waals surface area contributed by atoms with Crippen LogP contribution in [0, 0.1) is 26.7 Å². The van der Waals surface area contributed by atoms with Gasteiger partial charge in [-0.2, -0.15) is 0 Å². The molecule has 27 heavy (non-hydrogen) atoms. The molecule has 3 rings (SSSR count). The fraction of sp³-hybridized carbons (Fsp3) is 0.364. The summed E-state index contributed by atoms with van der Waals surface area (Å²) in [5.74, 6) is -0.279. The second kappa shape index (κ2) is 8.13. The van der Waals surface area contributed by atoms with Crippen LogP contribution in [-0.4, -0.2) is 29.8 Å². The molecule has 1 saturated heterocycles. The van der Waals surface area contributed by atoms with Crippen molar-refractivity contribution in [3.63, 3.8) is 0 Å². The van der Waals surface area contributed by atoms with Gasteiger partial charge < -0.3 is 10.2 Å². The first kappa shape index (κ1) is 19.4. The molecule has 0 saturated carbocycles. The van der Waals surface area contributed by atoms with Gasteiger partial charge in [-0.1, -0.05) is 34.9 Å².